The van der Waals surface area contributed by atoms with Crippen molar-refractivity contribution in [3.8, 4) is 0 Å². The third-order valence-corrected chi connectivity index (χ3v) is 2.80. The molecular formula is C13H22N2O5. The first-order valence-corrected chi connectivity index (χ1v) is 6.69. The van der Waals surface area contributed by atoms with E-state index in [-0.39, 0.29) is 12.5 Å². The number of carboxylic acids is 1. The number of amides is 2. The highest BCUT2D eigenvalue weighted by Gasteiger charge is 2.30. The number of alkyl carbamates (subject to hydrolysis) is 1. The quantitative estimate of drug-likeness (QED) is 0.806. The molecule has 20 heavy (non-hydrogen) atoms. The highest BCUT2D eigenvalue weighted by atomic mass is 16.6. The summed E-state index contributed by atoms with van der Waals surface area (Å²) in [5.41, 5.74) is -0.640. The van der Waals surface area contributed by atoms with Crippen LogP contribution in [0.5, 0.6) is 0 Å². The molecular weight excluding hydrogens is 264 g/mol. The van der Waals surface area contributed by atoms with Gasteiger partial charge in [0.2, 0.25) is 5.91 Å². The van der Waals surface area contributed by atoms with Crippen LogP contribution in [-0.2, 0) is 14.3 Å². The lowest BCUT2D eigenvalue weighted by atomic mass is 10.1. The zero-order valence-corrected chi connectivity index (χ0v) is 12.1. The van der Waals surface area contributed by atoms with Gasteiger partial charge in [-0.2, -0.15) is 0 Å². The number of carbonyl (C=O) groups excluding carboxylic acids is 2. The molecule has 0 aromatic carbocycles. The largest absolute Gasteiger partial charge is 0.480 e. The molecule has 1 unspecified atom stereocenters. The molecule has 1 heterocycles. The summed E-state index contributed by atoms with van der Waals surface area (Å²) in [6, 6.07) is -0.716. The fourth-order valence-corrected chi connectivity index (χ4v) is 2.01. The molecule has 0 bridgehead atoms. The third-order valence-electron chi connectivity index (χ3n) is 2.80. The maximum Gasteiger partial charge on any atom is 0.408 e. The maximum atomic E-state index is 12.2. The zero-order valence-electron chi connectivity index (χ0n) is 12.1. The first kappa shape index (κ1) is 16.3. The van der Waals surface area contributed by atoms with Crippen LogP contribution < -0.4 is 5.32 Å². The van der Waals surface area contributed by atoms with Crippen molar-refractivity contribution in [2.24, 2.45) is 0 Å². The number of hydrogen-bond acceptors (Lipinski definition) is 4. The molecule has 0 aliphatic carbocycles. The Hall–Kier alpha value is -1.79. The van der Waals surface area contributed by atoms with Crippen molar-refractivity contribution in [2.45, 2.75) is 51.7 Å². The molecule has 2 amide bonds. The molecule has 1 rings (SSSR count). The highest BCUT2D eigenvalue weighted by molar-refractivity contribution is 5.88. The number of aliphatic carboxylic acids is 1. The fraction of sp³-hybridized carbons (Fsp3) is 0.769. The number of nitrogens with one attached hydrogen (secondary N) is 1. The van der Waals surface area contributed by atoms with E-state index in [1.54, 1.807) is 20.8 Å². The minimum absolute atomic E-state index is 0.342. The summed E-state index contributed by atoms with van der Waals surface area (Å²) < 4.78 is 5.11. The molecule has 0 aromatic heterocycles. The molecule has 2 N–H and O–H groups in total. The minimum atomic E-state index is -1.06. The predicted octanol–water partition coefficient (Wildman–Crippen LogP) is 0.977. The van der Waals surface area contributed by atoms with E-state index in [1.807, 2.05) is 0 Å². The van der Waals surface area contributed by atoms with Crippen LogP contribution >= 0.6 is 0 Å². The summed E-state index contributed by atoms with van der Waals surface area (Å²) in [4.78, 5) is 35.9. The Balaban J connectivity index is 2.65. The Bertz CT molecular complexity index is 389. The Morgan fingerprint density at radius 2 is 2.05 bits per heavy atom. The van der Waals surface area contributed by atoms with Crippen LogP contribution in [0.4, 0.5) is 4.79 Å². The summed E-state index contributed by atoms with van der Waals surface area (Å²) in [5, 5.41) is 11.3. The molecule has 1 atom stereocenters. The number of carboxylic acid groups (broad SMARTS) is 1. The molecule has 1 fully saturated rings. The van der Waals surface area contributed by atoms with Gasteiger partial charge in [0.05, 0.1) is 0 Å². The second-order valence-corrected chi connectivity index (χ2v) is 5.85. The van der Waals surface area contributed by atoms with E-state index < -0.39 is 23.7 Å². The molecule has 0 radical (unpaired) electrons. The number of nitrogens with zero attached hydrogens (tertiary/aromatic N) is 1. The van der Waals surface area contributed by atoms with E-state index in [0.717, 1.165) is 12.8 Å². The van der Waals surface area contributed by atoms with Crippen molar-refractivity contribution in [2.75, 3.05) is 13.1 Å². The van der Waals surface area contributed by atoms with Gasteiger partial charge in [0.25, 0.3) is 0 Å². The average molecular weight is 286 g/mol. The van der Waals surface area contributed by atoms with Crippen LogP contribution in [0.3, 0.4) is 0 Å². The van der Waals surface area contributed by atoms with Gasteiger partial charge >= 0.3 is 12.1 Å². The van der Waals surface area contributed by atoms with Gasteiger partial charge in [0.1, 0.15) is 18.2 Å². The van der Waals surface area contributed by atoms with E-state index in [0.29, 0.717) is 13.0 Å². The SMILES string of the molecule is CC(C)(C)OC(=O)NC1CCCCN(CC(=O)O)C1=O. The van der Waals surface area contributed by atoms with Crippen molar-refractivity contribution < 1.29 is 24.2 Å². The van der Waals surface area contributed by atoms with E-state index in [1.165, 1.54) is 4.90 Å². The molecule has 114 valence electrons. The third kappa shape index (κ3) is 5.46. The molecule has 1 aliphatic rings. The Labute approximate surface area is 118 Å². The molecule has 1 saturated heterocycles. The van der Waals surface area contributed by atoms with Gasteiger partial charge in [-0.1, -0.05) is 0 Å². The Kier molecular flexibility index (Phi) is 5.35. The number of hydrogen-bond donors (Lipinski definition) is 2. The minimum Gasteiger partial charge on any atom is -0.480 e. The molecule has 7 heteroatoms. The summed E-state index contributed by atoms with van der Waals surface area (Å²) in [6.45, 7) is 5.26. The summed E-state index contributed by atoms with van der Waals surface area (Å²) >= 11 is 0. The molecule has 0 spiro atoms. The molecule has 0 saturated carbocycles. The van der Waals surface area contributed by atoms with Gasteiger partial charge in [-0.25, -0.2) is 4.79 Å². The normalized spacial score (nSPS) is 20.2. The predicted molar refractivity (Wildman–Crippen MR) is 71.2 cm³/mol. The zero-order chi connectivity index (χ0) is 15.3. The summed E-state index contributed by atoms with van der Waals surface area (Å²) in [7, 11) is 0. The molecule has 0 aromatic rings. The van der Waals surface area contributed by atoms with E-state index in [9.17, 15) is 14.4 Å². The van der Waals surface area contributed by atoms with Gasteiger partial charge in [0.15, 0.2) is 0 Å². The van der Waals surface area contributed by atoms with Crippen molar-refractivity contribution in [1.29, 1.82) is 0 Å². The lowest BCUT2D eigenvalue weighted by molar-refractivity contribution is -0.144. The monoisotopic (exact) mass is 286 g/mol. The fourth-order valence-electron chi connectivity index (χ4n) is 2.01. The van der Waals surface area contributed by atoms with Gasteiger partial charge < -0.3 is 20.1 Å². The summed E-state index contributed by atoms with van der Waals surface area (Å²) in [5.74, 6) is -1.42. The van der Waals surface area contributed by atoms with Crippen LogP contribution in [0.15, 0.2) is 0 Å². The van der Waals surface area contributed by atoms with Crippen molar-refractivity contribution >= 4 is 18.0 Å². The van der Waals surface area contributed by atoms with Gasteiger partial charge in [-0.3, -0.25) is 9.59 Å². The number of carbonyl (C=O) groups is 3. The lowest BCUT2D eigenvalue weighted by Crippen LogP contribution is -2.49. The van der Waals surface area contributed by atoms with Crippen molar-refractivity contribution in [3.63, 3.8) is 0 Å². The van der Waals surface area contributed by atoms with E-state index >= 15 is 0 Å². The van der Waals surface area contributed by atoms with Crippen molar-refractivity contribution in [3.05, 3.63) is 0 Å². The number of likely N-dealkylation sites (tertiary alicyclic amines) is 1. The van der Waals surface area contributed by atoms with Crippen LogP contribution in [0.2, 0.25) is 0 Å². The highest BCUT2D eigenvalue weighted by Crippen LogP contribution is 2.13. The first-order valence-electron chi connectivity index (χ1n) is 6.69. The maximum absolute atomic E-state index is 12.2. The molecule has 7 nitrogen and oxygen atoms in total. The Morgan fingerprint density at radius 3 is 2.60 bits per heavy atom. The van der Waals surface area contributed by atoms with E-state index in [2.05, 4.69) is 5.32 Å². The smallest absolute Gasteiger partial charge is 0.408 e. The van der Waals surface area contributed by atoms with Gasteiger partial charge in [-0.05, 0) is 40.0 Å². The van der Waals surface area contributed by atoms with E-state index in [4.69, 9.17) is 9.84 Å². The van der Waals surface area contributed by atoms with Crippen molar-refractivity contribution in [1.82, 2.24) is 10.2 Å². The second-order valence-electron chi connectivity index (χ2n) is 5.85. The van der Waals surface area contributed by atoms with Crippen LogP contribution in [-0.4, -0.2) is 52.7 Å². The molecule has 1 aliphatic heterocycles. The van der Waals surface area contributed by atoms with Crippen LogP contribution in [0, 0.1) is 0 Å². The standard InChI is InChI=1S/C13H22N2O5/c1-13(2,3)20-12(19)14-9-6-4-5-7-15(11(9)18)8-10(16)17/h9H,4-8H2,1-3H3,(H,14,19)(H,16,17). The average Bonchev–Trinajstić information content (AvgIpc) is 2.41. The second kappa shape index (κ2) is 6.58. The number of rotatable bonds is 3. The lowest BCUT2D eigenvalue weighted by Gasteiger charge is -2.25. The topological polar surface area (TPSA) is 95.9 Å². The van der Waals surface area contributed by atoms with Gasteiger partial charge in [0, 0.05) is 6.54 Å². The first-order chi connectivity index (χ1) is 9.19. The Morgan fingerprint density at radius 1 is 1.40 bits per heavy atom. The van der Waals surface area contributed by atoms with Crippen LogP contribution in [0.25, 0.3) is 0 Å². The van der Waals surface area contributed by atoms with Gasteiger partial charge in [-0.15, -0.1) is 0 Å². The van der Waals surface area contributed by atoms with Crippen LogP contribution in [0.1, 0.15) is 40.0 Å². The number of ether oxygens (including phenoxy) is 1. The summed E-state index contributed by atoms with van der Waals surface area (Å²) in [6.07, 6.45) is 1.32.